The summed E-state index contributed by atoms with van der Waals surface area (Å²) in [5, 5.41) is 2.66. The van der Waals surface area contributed by atoms with Gasteiger partial charge in [-0.05, 0) is 129 Å². The average Bonchev–Trinajstić information content (AvgIpc) is 3.40. The standard InChI is InChI=1S/C37H41/c1-22(2)31-21-32-28-17-15-26(36(5,6)7)19-25(28)20-33(32)34(35(31)37(8,9)10)30-13-11-12-29(30)27-16-14-23(3)18-24(27)4/h11-12,14-19,21H,13H2,1-10H3. The van der Waals surface area contributed by atoms with Gasteiger partial charge in [-0.1, -0.05) is 95.2 Å². The number of hydrogen-bond acceptors (Lipinski definition) is 0. The van der Waals surface area contributed by atoms with Crippen molar-refractivity contribution in [3.05, 3.63) is 104 Å². The zero-order valence-corrected chi connectivity index (χ0v) is 24.4. The lowest BCUT2D eigenvalue weighted by molar-refractivity contribution is 0.583. The maximum atomic E-state index is 3.94. The molecule has 0 unspecified atom stereocenters. The number of benzene rings is 3. The molecule has 3 aromatic carbocycles. The predicted molar refractivity (Wildman–Crippen MR) is 162 cm³/mol. The van der Waals surface area contributed by atoms with Crippen molar-refractivity contribution in [1.82, 2.24) is 0 Å². The van der Waals surface area contributed by atoms with Crippen LogP contribution in [0.25, 0.3) is 33.9 Å². The van der Waals surface area contributed by atoms with E-state index < -0.39 is 0 Å². The second kappa shape index (κ2) is 8.73. The Hall–Kier alpha value is -3.12. The molecule has 5 rings (SSSR count). The van der Waals surface area contributed by atoms with Crippen LogP contribution in [0.15, 0.2) is 54.6 Å². The van der Waals surface area contributed by atoms with Crippen molar-refractivity contribution in [3.8, 4) is 11.1 Å². The molecular formula is C37H41. The third-order valence-corrected chi connectivity index (χ3v) is 7.96. The smallest absolute Gasteiger partial charge is 0.000731 e. The molecule has 0 saturated carbocycles. The van der Waals surface area contributed by atoms with E-state index in [0.717, 1.165) is 6.42 Å². The Morgan fingerprint density at radius 3 is 2.11 bits per heavy atom. The van der Waals surface area contributed by atoms with E-state index in [4.69, 9.17) is 0 Å². The first kappa shape index (κ1) is 25.5. The van der Waals surface area contributed by atoms with Crippen LogP contribution in [0.5, 0.6) is 0 Å². The fourth-order valence-corrected chi connectivity index (χ4v) is 6.09. The van der Waals surface area contributed by atoms with Gasteiger partial charge in [0, 0.05) is 0 Å². The average molecular weight is 486 g/mol. The molecule has 0 saturated heterocycles. The van der Waals surface area contributed by atoms with E-state index in [-0.39, 0.29) is 10.8 Å². The molecule has 0 bridgehead atoms. The number of rotatable bonds is 2. The van der Waals surface area contributed by atoms with Crippen LogP contribution in [0, 0.1) is 13.8 Å². The molecule has 0 aliphatic heterocycles. The molecule has 0 atom stereocenters. The molecule has 2 aliphatic carbocycles. The molecule has 0 aromatic heterocycles. The highest BCUT2D eigenvalue weighted by Crippen LogP contribution is 2.41. The van der Waals surface area contributed by atoms with Crippen molar-refractivity contribution in [2.24, 2.45) is 0 Å². The summed E-state index contributed by atoms with van der Waals surface area (Å²) in [5.74, 6) is 0. The third kappa shape index (κ3) is 4.35. The number of hydrogen-bond donors (Lipinski definition) is 0. The van der Waals surface area contributed by atoms with Gasteiger partial charge in [0.05, 0.1) is 0 Å². The van der Waals surface area contributed by atoms with Crippen LogP contribution < -0.4 is 10.4 Å². The van der Waals surface area contributed by atoms with E-state index in [1.54, 1.807) is 0 Å². The van der Waals surface area contributed by atoms with E-state index in [2.05, 4.69) is 130 Å². The fourth-order valence-electron chi connectivity index (χ4n) is 6.09. The van der Waals surface area contributed by atoms with E-state index >= 15 is 0 Å². The van der Waals surface area contributed by atoms with Crippen LogP contribution in [0.1, 0.15) is 101 Å². The summed E-state index contributed by atoms with van der Waals surface area (Å²) in [6, 6.07) is 16.3. The number of allylic oxidation sites excluding steroid dienone is 4. The first-order chi connectivity index (χ1) is 17.3. The van der Waals surface area contributed by atoms with Gasteiger partial charge in [-0.3, -0.25) is 0 Å². The van der Waals surface area contributed by atoms with Gasteiger partial charge in [-0.2, -0.15) is 0 Å². The topological polar surface area (TPSA) is 0 Å². The summed E-state index contributed by atoms with van der Waals surface area (Å²) >= 11 is 0. The van der Waals surface area contributed by atoms with Gasteiger partial charge in [0.15, 0.2) is 0 Å². The predicted octanol–water partition coefficient (Wildman–Crippen LogP) is 8.65. The normalized spacial score (nSPS) is 14.6. The largest absolute Gasteiger partial charge is 0.0795 e. The van der Waals surface area contributed by atoms with Crippen molar-refractivity contribution in [3.63, 3.8) is 0 Å². The van der Waals surface area contributed by atoms with Crippen molar-refractivity contribution < 1.29 is 0 Å². The Balaban J connectivity index is 1.93. The van der Waals surface area contributed by atoms with Gasteiger partial charge >= 0.3 is 0 Å². The quantitative estimate of drug-likeness (QED) is 0.266. The molecule has 1 radical (unpaired) electrons. The summed E-state index contributed by atoms with van der Waals surface area (Å²) in [7, 11) is 0. The van der Waals surface area contributed by atoms with Crippen molar-refractivity contribution >= 4 is 22.8 Å². The van der Waals surface area contributed by atoms with Crippen molar-refractivity contribution in [2.75, 3.05) is 0 Å². The summed E-state index contributed by atoms with van der Waals surface area (Å²) in [4.78, 5) is 0. The summed E-state index contributed by atoms with van der Waals surface area (Å²) < 4.78 is 0. The Labute approximate surface area is 224 Å². The highest BCUT2D eigenvalue weighted by molar-refractivity contribution is 6.02. The minimum atomic E-state index is -0.00693. The highest BCUT2D eigenvalue weighted by atomic mass is 14.3. The molecule has 0 amide bonds. The van der Waals surface area contributed by atoms with Gasteiger partial charge in [0.2, 0.25) is 0 Å². The Morgan fingerprint density at radius 2 is 1.49 bits per heavy atom. The second-order valence-electron chi connectivity index (χ2n) is 13.3. The molecule has 0 nitrogen and oxygen atoms in total. The van der Waals surface area contributed by atoms with E-state index in [1.165, 1.54) is 77.2 Å². The van der Waals surface area contributed by atoms with Gasteiger partial charge < -0.3 is 0 Å². The minimum absolute atomic E-state index is 0.00693. The lowest BCUT2D eigenvalue weighted by Gasteiger charge is -2.27. The van der Waals surface area contributed by atoms with Gasteiger partial charge in [-0.25, -0.2) is 0 Å². The van der Waals surface area contributed by atoms with Crippen LogP contribution >= 0.6 is 0 Å². The molecular weight excluding hydrogens is 444 g/mol. The second-order valence-corrected chi connectivity index (χ2v) is 13.3. The van der Waals surface area contributed by atoms with Crippen LogP contribution in [-0.2, 0) is 10.8 Å². The Bertz CT molecular complexity index is 1620. The molecule has 3 aromatic rings. The van der Waals surface area contributed by atoms with Crippen molar-refractivity contribution in [1.29, 1.82) is 0 Å². The summed E-state index contributed by atoms with van der Waals surface area (Å²) in [5.41, 5.74) is 16.3. The van der Waals surface area contributed by atoms with Crippen molar-refractivity contribution in [2.45, 2.75) is 86.5 Å². The molecule has 189 valence electrons. The maximum Gasteiger partial charge on any atom is -0.000731 e. The van der Waals surface area contributed by atoms with Crippen LogP contribution in [0.4, 0.5) is 0 Å². The summed E-state index contributed by atoms with van der Waals surface area (Å²) in [6.07, 6.45) is 9.59. The monoisotopic (exact) mass is 485 g/mol. The summed E-state index contributed by atoms with van der Waals surface area (Å²) in [6.45, 7) is 22.9. The zero-order valence-electron chi connectivity index (χ0n) is 24.4. The zero-order chi connectivity index (χ0) is 26.9. The van der Waals surface area contributed by atoms with Gasteiger partial charge in [-0.15, -0.1) is 0 Å². The Morgan fingerprint density at radius 1 is 0.784 bits per heavy atom. The molecule has 0 N–H and O–H groups in total. The van der Waals surface area contributed by atoms with Crippen LogP contribution in [0.2, 0.25) is 0 Å². The van der Waals surface area contributed by atoms with E-state index in [9.17, 15) is 0 Å². The fraction of sp³-hybridized carbons (Fsp3) is 0.351. The molecule has 37 heavy (non-hydrogen) atoms. The van der Waals surface area contributed by atoms with Gasteiger partial charge in [0.1, 0.15) is 0 Å². The first-order valence-electron chi connectivity index (χ1n) is 13.7. The minimum Gasteiger partial charge on any atom is -0.0795 e. The number of aryl methyl sites for hydroxylation is 2. The molecule has 0 heterocycles. The Kier molecular flexibility index (Phi) is 6.02. The lowest BCUT2D eigenvalue weighted by atomic mass is 9.76. The first-order valence-corrected chi connectivity index (χ1v) is 13.7. The third-order valence-electron chi connectivity index (χ3n) is 7.96. The van der Waals surface area contributed by atoms with Crippen LogP contribution in [0.3, 0.4) is 0 Å². The SMILES string of the molecule is CC(C)=c1cc2c(c(C3=C(c4ccc(C)cc4C)C=CC3)c1C(C)(C)C)=[C]c1cc(C(C)(C)C)ccc1-2. The highest BCUT2D eigenvalue weighted by Gasteiger charge is 2.29. The molecule has 2 aliphatic rings. The lowest BCUT2D eigenvalue weighted by Crippen LogP contribution is -2.31. The van der Waals surface area contributed by atoms with E-state index in [1.807, 2.05) is 0 Å². The van der Waals surface area contributed by atoms with Crippen LogP contribution in [-0.4, -0.2) is 0 Å². The molecule has 0 heteroatoms. The van der Waals surface area contributed by atoms with E-state index in [0.29, 0.717) is 0 Å². The number of fused-ring (bicyclic) bond motifs is 3. The molecule has 0 fully saturated rings. The maximum absolute atomic E-state index is 3.94. The van der Waals surface area contributed by atoms with Gasteiger partial charge in [0.25, 0.3) is 0 Å². The molecule has 0 spiro atoms.